The number of carbonyl (C=O) groups is 3. The van der Waals surface area contributed by atoms with Gasteiger partial charge in [-0.25, -0.2) is 0 Å². The van der Waals surface area contributed by atoms with Gasteiger partial charge in [-0.1, -0.05) is 45.8 Å². The summed E-state index contributed by atoms with van der Waals surface area (Å²) in [6, 6.07) is 0. The van der Waals surface area contributed by atoms with E-state index in [0.29, 0.717) is 41.7 Å². The number of aliphatic hydroxyl groups excluding tert-OH is 1. The Morgan fingerprint density at radius 1 is 0.837 bits per heavy atom. The van der Waals surface area contributed by atoms with Gasteiger partial charge in [-0.2, -0.15) is 0 Å². The SMILES string of the molecule is CCC(=O)O[C@H]1CC[C@H]2[C@@H]3CCC4=CC(=O)CC[C@]4(C)[C@H]3CC[C@]12C.CCC1=C2CCC3(C)C(O)CCC3C2CCC1=O. The van der Waals surface area contributed by atoms with E-state index in [2.05, 4.69) is 27.7 Å². The van der Waals surface area contributed by atoms with Crippen molar-refractivity contribution in [2.75, 3.05) is 0 Å². The van der Waals surface area contributed by atoms with Gasteiger partial charge in [0, 0.05) is 24.7 Å². The molecule has 0 bridgehead atoms. The molecule has 5 nitrogen and oxygen atoms in total. The summed E-state index contributed by atoms with van der Waals surface area (Å²) in [5.74, 6) is 4.01. The normalized spacial score (nSPS) is 45.1. The summed E-state index contributed by atoms with van der Waals surface area (Å²) in [7, 11) is 0. The van der Waals surface area contributed by atoms with Gasteiger partial charge >= 0.3 is 5.97 Å². The zero-order chi connectivity index (χ0) is 30.7. The molecular weight excluding hydrogens is 536 g/mol. The maximum atomic E-state index is 12.0. The van der Waals surface area contributed by atoms with Crippen LogP contribution in [0.4, 0.5) is 0 Å². The lowest BCUT2D eigenvalue weighted by atomic mass is 9.47. The smallest absolute Gasteiger partial charge is 0.305 e. The fraction of sp³-hybridized carbons (Fsp3) is 0.816. The predicted octanol–water partition coefficient (Wildman–Crippen LogP) is 8.08. The van der Waals surface area contributed by atoms with E-state index in [0.717, 1.165) is 88.5 Å². The second-order valence-electron chi connectivity index (χ2n) is 16.1. The van der Waals surface area contributed by atoms with Crippen LogP contribution < -0.4 is 0 Å². The average molecular weight is 593 g/mol. The molecule has 10 atom stereocenters. The van der Waals surface area contributed by atoms with Gasteiger partial charge in [0.05, 0.1) is 6.10 Å². The van der Waals surface area contributed by atoms with Crippen molar-refractivity contribution in [3.8, 4) is 0 Å². The molecule has 4 unspecified atom stereocenters. The van der Waals surface area contributed by atoms with Gasteiger partial charge < -0.3 is 9.84 Å². The quantitative estimate of drug-likeness (QED) is 0.335. The second kappa shape index (κ2) is 11.6. The standard InChI is InChI=1S/C22H32O3.C16H24O2/c1-4-20(24)25-19-8-7-17-16-6-5-14-13-15(23)9-11-21(14,2)18(16)10-12-22(17,19)3;1-3-10-11-8-9-16(2)13(5-7-15(16)18)12(11)4-6-14(10)17/h13,16-19H,4-12H2,1-3H3;12-13,15,18H,3-9H2,1-2H3/t16-,17-,18-,19-,21-,22-;/m0./s1. The molecule has 0 amide bonds. The molecule has 0 aromatic carbocycles. The number of hydrogen-bond donors (Lipinski definition) is 1. The van der Waals surface area contributed by atoms with Crippen LogP contribution in [-0.2, 0) is 19.1 Å². The Balaban J connectivity index is 0.000000162. The number of carbonyl (C=O) groups excluding carboxylic acids is 3. The van der Waals surface area contributed by atoms with Gasteiger partial charge in [0.2, 0.25) is 0 Å². The lowest BCUT2D eigenvalue weighted by Crippen LogP contribution is -2.51. The number of ketones is 2. The first-order chi connectivity index (χ1) is 20.5. The van der Waals surface area contributed by atoms with Crippen molar-refractivity contribution in [1.82, 2.24) is 0 Å². The van der Waals surface area contributed by atoms with Gasteiger partial charge in [0.25, 0.3) is 0 Å². The average Bonchev–Trinajstić information content (AvgIpc) is 3.48. The first kappa shape index (κ1) is 31.2. The lowest BCUT2D eigenvalue weighted by Gasteiger charge is -2.57. The van der Waals surface area contributed by atoms with Gasteiger partial charge in [-0.3, -0.25) is 14.4 Å². The molecule has 1 N–H and O–H groups in total. The van der Waals surface area contributed by atoms with Crippen LogP contribution in [0.5, 0.6) is 0 Å². The van der Waals surface area contributed by atoms with Gasteiger partial charge in [-0.05, 0) is 136 Å². The van der Waals surface area contributed by atoms with Crippen molar-refractivity contribution in [3.63, 3.8) is 0 Å². The summed E-state index contributed by atoms with van der Waals surface area (Å²) < 4.78 is 5.86. The van der Waals surface area contributed by atoms with E-state index in [1.54, 1.807) is 0 Å². The van der Waals surface area contributed by atoms with Gasteiger partial charge in [0.15, 0.2) is 11.6 Å². The largest absolute Gasteiger partial charge is 0.462 e. The number of rotatable bonds is 3. The van der Waals surface area contributed by atoms with Gasteiger partial charge in [-0.15, -0.1) is 0 Å². The fourth-order valence-corrected chi connectivity index (χ4v) is 11.8. The molecule has 238 valence electrons. The highest BCUT2D eigenvalue weighted by Crippen LogP contribution is 2.65. The summed E-state index contributed by atoms with van der Waals surface area (Å²) in [6.45, 7) is 11.1. The zero-order valence-corrected chi connectivity index (χ0v) is 27.5. The molecule has 0 aliphatic heterocycles. The molecule has 5 saturated carbocycles. The third-order valence-corrected chi connectivity index (χ3v) is 14.4. The van der Waals surface area contributed by atoms with Crippen molar-refractivity contribution >= 4 is 17.5 Å². The fourth-order valence-electron chi connectivity index (χ4n) is 11.8. The van der Waals surface area contributed by atoms with Crippen LogP contribution in [0.15, 0.2) is 22.8 Å². The number of fused-ring (bicyclic) bond motifs is 8. The third kappa shape index (κ3) is 5.03. The maximum absolute atomic E-state index is 12.0. The summed E-state index contributed by atoms with van der Waals surface area (Å²) >= 11 is 0. The molecule has 5 fully saturated rings. The molecule has 0 radical (unpaired) electrons. The minimum atomic E-state index is -0.119. The topological polar surface area (TPSA) is 80.7 Å². The van der Waals surface area contributed by atoms with Crippen molar-refractivity contribution in [2.45, 2.75) is 150 Å². The summed E-state index contributed by atoms with van der Waals surface area (Å²) in [5, 5.41) is 10.3. The second-order valence-corrected chi connectivity index (χ2v) is 16.1. The van der Waals surface area contributed by atoms with Crippen molar-refractivity contribution in [1.29, 1.82) is 0 Å². The number of ether oxygens (including phenoxy) is 1. The third-order valence-electron chi connectivity index (χ3n) is 14.4. The van der Waals surface area contributed by atoms with Gasteiger partial charge in [0.1, 0.15) is 6.10 Å². The van der Waals surface area contributed by atoms with Crippen LogP contribution in [0.3, 0.4) is 0 Å². The lowest BCUT2D eigenvalue weighted by molar-refractivity contribution is -0.159. The zero-order valence-electron chi connectivity index (χ0n) is 27.5. The van der Waals surface area contributed by atoms with Crippen LogP contribution in [0.1, 0.15) is 137 Å². The van der Waals surface area contributed by atoms with Crippen molar-refractivity contribution in [2.24, 2.45) is 45.8 Å². The summed E-state index contributed by atoms with van der Waals surface area (Å²) in [6.07, 6.45) is 18.0. The Morgan fingerprint density at radius 2 is 1.60 bits per heavy atom. The molecule has 43 heavy (non-hydrogen) atoms. The molecule has 7 aliphatic rings. The number of Topliss-reactive ketones (excluding diaryl/α,β-unsaturated/α-hetero) is 1. The van der Waals surface area contributed by atoms with E-state index in [1.165, 1.54) is 30.4 Å². The maximum Gasteiger partial charge on any atom is 0.305 e. The first-order valence-corrected chi connectivity index (χ1v) is 17.8. The van der Waals surface area contributed by atoms with E-state index in [-0.39, 0.29) is 34.4 Å². The van der Waals surface area contributed by atoms with Crippen LogP contribution in [0, 0.1) is 45.8 Å². The molecule has 0 spiro atoms. The van der Waals surface area contributed by atoms with Crippen LogP contribution in [0.2, 0.25) is 0 Å². The highest BCUT2D eigenvalue weighted by molar-refractivity contribution is 5.97. The highest BCUT2D eigenvalue weighted by Gasteiger charge is 2.60. The summed E-state index contributed by atoms with van der Waals surface area (Å²) in [4.78, 5) is 35.8. The monoisotopic (exact) mass is 592 g/mol. The molecule has 0 aromatic heterocycles. The minimum absolute atomic E-state index is 0.0411. The molecular formula is C38H56O5. The van der Waals surface area contributed by atoms with Crippen LogP contribution in [-0.4, -0.2) is 34.9 Å². The Bertz CT molecular complexity index is 1210. The van der Waals surface area contributed by atoms with E-state index >= 15 is 0 Å². The van der Waals surface area contributed by atoms with Crippen molar-refractivity contribution in [3.05, 3.63) is 22.8 Å². The first-order valence-electron chi connectivity index (χ1n) is 17.8. The van der Waals surface area contributed by atoms with Crippen molar-refractivity contribution < 1.29 is 24.2 Å². The van der Waals surface area contributed by atoms with E-state index < -0.39 is 0 Å². The number of hydrogen-bond acceptors (Lipinski definition) is 5. The minimum Gasteiger partial charge on any atom is -0.462 e. The predicted molar refractivity (Wildman–Crippen MR) is 168 cm³/mol. The molecule has 0 saturated heterocycles. The Hall–Kier alpha value is -1.75. The summed E-state index contributed by atoms with van der Waals surface area (Å²) in [5.41, 5.74) is 4.54. The van der Waals surface area contributed by atoms with E-state index in [9.17, 15) is 19.5 Å². The van der Waals surface area contributed by atoms with Crippen LogP contribution >= 0.6 is 0 Å². The molecule has 0 heterocycles. The van der Waals surface area contributed by atoms with Crippen LogP contribution in [0.25, 0.3) is 0 Å². The highest BCUT2D eigenvalue weighted by atomic mass is 16.5. The molecule has 0 aromatic rings. The number of aliphatic hydroxyl groups is 1. The molecule has 7 aliphatic carbocycles. The Kier molecular flexibility index (Phi) is 8.40. The number of allylic oxidation sites excluding steroid dienone is 3. The molecule has 5 heteroatoms. The molecule has 7 rings (SSSR count). The number of esters is 1. The Morgan fingerprint density at radius 3 is 2.35 bits per heavy atom. The van der Waals surface area contributed by atoms with E-state index in [1.807, 2.05) is 13.0 Å². The Labute approximate surface area is 259 Å². The van der Waals surface area contributed by atoms with E-state index in [4.69, 9.17) is 4.74 Å².